The predicted molar refractivity (Wildman–Crippen MR) is 109 cm³/mol. The van der Waals surface area contributed by atoms with E-state index in [1.165, 1.54) is 6.26 Å². The zero-order valence-corrected chi connectivity index (χ0v) is 17.3. The molecule has 2 aliphatic heterocycles. The first-order valence-electron chi connectivity index (χ1n) is 9.85. The molecule has 2 fully saturated rings. The minimum absolute atomic E-state index is 0.0292. The minimum atomic E-state index is -3.26. The number of sulfone groups is 1. The van der Waals surface area contributed by atoms with E-state index < -0.39 is 15.6 Å². The summed E-state index contributed by atoms with van der Waals surface area (Å²) in [6.07, 6.45) is 3.44. The minimum Gasteiger partial charge on any atom is -0.350 e. The lowest BCUT2D eigenvalue weighted by Crippen LogP contribution is -2.51. The van der Waals surface area contributed by atoms with E-state index in [1.54, 1.807) is 24.3 Å². The molecule has 0 radical (unpaired) electrons. The molecule has 0 bridgehead atoms. The third kappa shape index (κ3) is 4.22. The lowest BCUT2D eigenvalue weighted by atomic mass is 9.97. The van der Waals surface area contributed by atoms with Crippen LogP contribution in [0.2, 0.25) is 0 Å². The highest BCUT2D eigenvalue weighted by atomic mass is 32.2. The molecular weight excluding hydrogens is 390 g/mol. The Bertz CT molecular complexity index is 984. The van der Waals surface area contributed by atoms with Gasteiger partial charge in [0.15, 0.2) is 15.6 Å². The third-order valence-electron chi connectivity index (χ3n) is 5.58. The first kappa shape index (κ1) is 20.1. The average molecular weight is 416 g/mol. The quantitative estimate of drug-likeness (QED) is 0.770. The van der Waals surface area contributed by atoms with E-state index in [-0.39, 0.29) is 10.8 Å². The van der Waals surface area contributed by atoms with E-state index in [4.69, 9.17) is 9.47 Å². The Kier molecular flexibility index (Phi) is 5.46. The Morgan fingerprint density at radius 2 is 1.59 bits per heavy atom. The molecule has 0 unspecified atom stereocenters. The lowest BCUT2D eigenvalue weighted by molar-refractivity contribution is -0.281. The second-order valence-electron chi connectivity index (χ2n) is 7.60. The number of amides is 1. The topological polar surface area (TPSA) is 72.9 Å². The molecule has 6 nitrogen and oxygen atoms in total. The second-order valence-corrected chi connectivity index (χ2v) is 9.61. The van der Waals surface area contributed by atoms with Crippen LogP contribution in [0, 0.1) is 0 Å². The number of carbonyl (C=O) groups is 1. The van der Waals surface area contributed by atoms with Crippen LogP contribution in [0.3, 0.4) is 0 Å². The van der Waals surface area contributed by atoms with E-state index in [0.29, 0.717) is 44.7 Å². The van der Waals surface area contributed by atoms with Gasteiger partial charge in [0, 0.05) is 37.8 Å². The largest absolute Gasteiger partial charge is 0.350 e. The van der Waals surface area contributed by atoms with Crippen LogP contribution in [0.15, 0.2) is 53.4 Å². The summed E-state index contributed by atoms with van der Waals surface area (Å²) in [6.45, 7) is 2.58. The molecule has 2 aromatic carbocycles. The highest BCUT2D eigenvalue weighted by Crippen LogP contribution is 2.32. The second kappa shape index (κ2) is 7.89. The molecule has 0 aliphatic carbocycles. The van der Waals surface area contributed by atoms with Gasteiger partial charge < -0.3 is 14.4 Å². The van der Waals surface area contributed by atoms with Crippen LogP contribution in [-0.2, 0) is 19.3 Å². The Morgan fingerprint density at radius 3 is 2.21 bits per heavy atom. The Balaban J connectivity index is 1.55. The molecule has 1 spiro atoms. The van der Waals surface area contributed by atoms with Crippen molar-refractivity contribution in [3.8, 4) is 11.1 Å². The van der Waals surface area contributed by atoms with E-state index in [9.17, 15) is 13.2 Å². The van der Waals surface area contributed by atoms with Gasteiger partial charge in [-0.1, -0.05) is 30.3 Å². The van der Waals surface area contributed by atoms with Crippen molar-refractivity contribution in [1.29, 1.82) is 0 Å². The Labute approximate surface area is 171 Å². The van der Waals surface area contributed by atoms with Crippen LogP contribution in [-0.4, -0.2) is 57.6 Å². The zero-order valence-electron chi connectivity index (χ0n) is 16.5. The number of hydrogen-bond donors (Lipinski definition) is 0. The monoisotopic (exact) mass is 415 g/mol. The summed E-state index contributed by atoms with van der Waals surface area (Å²) < 4.78 is 35.1. The van der Waals surface area contributed by atoms with E-state index in [2.05, 4.69) is 0 Å². The van der Waals surface area contributed by atoms with Gasteiger partial charge in [0.25, 0.3) is 5.91 Å². The van der Waals surface area contributed by atoms with Crippen molar-refractivity contribution >= 4 is 15.7 Å². The van der Waals surface area contributed by atoms with Gasteiger partial charge in [0.1, 0.15) is 0 Å². The van der Waals surface area contributed by atoms with Gasteiger partial charge in [0.2, 0.25) is 0 Å². The molecule has 1 amide bonds. The molecule has 0 N–H and O–H groups in total. The van der Waals surface area contributed by atoms with Crippen LogP contribution in [0.25, 0.3) is 11.1 Å². The average Bonchev–Trinajstić information content (AvgIpc) is 2.74. The summed E-state index contributed by atoms with van der Waals surface area (Å²) in [7, 11) is -3.26. The number of rotatable bonds is 3. The zero-order chi connectivity index (χ0) is 20.5. The smallest absolute Gasteiger partial charge is 0.254 e. The van der Waals surface area contributed by atoms with Gasteiger partial charge in [-0.25, -0.2) is 8.42 Å². The van der Waals surface area contributed by atoms with Crippen molar-refractivity contribution in [2.24, 2.45) is 0 Å². The van der Waals surface area contributed by atoms with Gasteiger partial charge in [0.05, 0.1) is 18.1 Å². The molecule has 7 heteroatoms. The van der Waals surface area contributed by atoms with Crippen LogP contribution < -0.4 is 0 Å². The maximum Gasteiger partial charge on any atom is 0.254 e. The molecular formula is C22H25NO5S. The molecule has 0 atom stereocenters. The summed E-state index contributed by atoms with van der Waals surface area (Å²) in [5, 5.41) is 0. The predicted octanol–water partition coefficient (Wildman–Crippen LogP) is 3.13. The van der Waals surface area contributed by atoms with Crippen molar-refractivity contribution in [1.82, 2.24) is 4.90 Å². The fraction of sp³-hybridized carbons (Fsp3) is 0.409. The summed E-state index contributed by atoms with van der Waals surface area (Å²) >= 11 is 0. The molecule has 154 valence electrons. The molecule has 0 aromatic heterocycles. The molecule has 4 rings (SSSR count). The summed E-state index contributed by atoms with van der Waals surface area (Å²) in [5.41, 5.74) is 2.22. The fourth-order valence-electron chi connectivity index (χ4n) is 3.93. The van der Waals surface area contributed by atoms with Crippen molar-refractivity contribution in [3.63, 3.8) is 0 Å². The number of ether oxygens (including phenoxy) is 2. The number of nitrogens with zero attached hydrogens (tertiary/aromatic N) is 1. The van der Waals surface area contributed by atoms with Crippen molar-refractivity contribution in [3.05, 3.63) is 54.1 Å². The first-order valence-corrected chi connectivity index (χ1v) is 11.7. The summed E-state index contributed by atoms with van der Waals surface area (Å²) in [4.78, 5) is 15.3. The number of hydrogen-bond acceptors (Lipinski definition) is 5. The van der Waals surface area contributed by atoms with Crippen molar-refractivity contribution < 1.29 is 22.7 Å². The summed E-state index contributed by atoms with van der Waals surface area (Å²) in [6, 6.07) is 14.1. The number of benzene rings is 2. The molecule has 0 saturated carbocycles. The number of carbonyl (C=O) groups excluding carboxylic acids is 1. The van der Waals surface area contributed by atoms with Crippen molar-refractivity contribution in [2.75, 3.05) is 32.6 Å². The van der Waals surface area contributed by atoms with Crippen LogP contribution in [0.5, 0.6) is 0 Å². The Morgan fingerprint density at radius 1 is 0.966 bits per heavy atom. The molecule has 29 heavy (non-hydrogen) atoms. The Hall–Kier alpha value is -2.22. The van der Waals surface area contributed by atoms with Gasteiger partial charge in [-0.15, -0.1) is 0 Å². The highest BCUT2D eigenvalue weighted by Gasteiger charge is 2.39. The molecule has 2 aromatic rings. The number of likely N-dealkylation sites (tertiary alicyclic amines) is 1. The van der Waals surface area contributed by atoms with Gasteiger partial charge in [-0.2, -0.15) is 0 Å². The standard InChI is InChI=1S/C22H25NO5S/c1-29(25,26)18-9-7-17(8-10-18)19-5-2-3-6-20(19)21(24)23-13-11-22(12-14-23)27-15-4-16-28-22/h2-3,5-10H,4,11-16H2,1H3. The highest BCUT2D eigenvalue weighted by molar-refractivity contribution is 7.90. The normalized spacial score (nSPS) is 19.3. The lowest BCUT2D eigenvalue weighted by Gasteiger charge is -2.43. The third-order valence-corrected chi connectivity index (χ3v) is 6.71. The van der Waals surface area contributed by atoms with E-state index in [1.807, 2.05) is 29.2 Å². The van der Waals surface area contributed by atoms with E-state index in [0.717, 1.165) is 17.5 Å². The number of piperidine rings is 1. The maximum absolute atomic E-state index is 13.2. The SMILES string of the molecule is CS(=O)(=O)c1ccc(-c2ccccc2C(=O)N2CCC3(CC2)OCCCO3)cc1. The maximum atomic E-state index is 13.2. The van der Waals surface area contributed by atoms with Crippen LogP contribution >= 0.6 is 0 Å². The summed E-state index contributed by atoms with van der Waals surface area (Å²) in [5.74, 6) is -0.561. The van der Waals surface area contributed by atoms with Gasteiger partial charge in [-0.05, 0) is 35.7 Å². The van der Waals surface area contributed by atoms with Crippen LogP contribution in [0.1, 0.15) is 29.6 Å². The van der Waals surface area contributed by atoms with Crippen LogP contribution in [0.4, 0.5) is 0 Å². The molecule has 2 aliphatic rings. The fourth-order valence-corrected chi connectivity index (χ4v) is 4.56. The van der Waals surface area contributed by atoms with Gasteiger partial charge >= 0.3 is 0 Å². The molecule has 2 heterocycles. The molecule has 2 saturated heterocycles. The van der Waals surface area contributed by atoms with Gasteiger partial charge in [-0.3, -0.25) is 4.79 Å². The first-order chi connectivity index (χ1) is 13.9. The van der Waals surface area contributed by atoms with E-state index >= 15 is 0 Å². The van der Waals surface area contributed by atoms with Crippen molar-refractivity contribution in [2.45, 2.75) is 29.9 Å².